The van der Waals surface area contributed by atoms with Crippen molar-refractivity contribution in [2.75, 3.05) is 12.4 Å². The summed E-state index contributed by atoms with van der Waals surface area (Å²) in [5.41, 5.74) is 2.51. The van der Waals surface area contributed by atoms with Gasteiger partial charge >= 0.3 is 0 Å². The lowest BCUT2D eigenvalue weighted by Crippen LogP contribution is -2.33. The molecule has 0 aliphatic heterocycles. The first-order chi connectivity index (χ1) is 11.7. The van der Waals surface area contributed by atoms with Gasteiger partial charge in [0, 0.05) is 12.6 Å². The highest BCUT2D eigenvalue weighted by Gasteiger charge is 2.18. The summed E-state index contributed by atoms with van der Waals surface area (Å²) in [5, 5.41) is 6.35. The van der Waals surface area contributed by atoms with Gasteiger partial charge in [-0.1, -0.05) is 25.0 Å². The molecule has 0 radical (unpaired) electrons. The molecule has 0 saturated heterocycles. The Morgan fingerprint density at radius 2 is 1.92 bits per heavy atom. The third kappa shape index (κ3) is 4.25. The number of nitrogens with one attached hydrogen (secondary N) is 2. The second-order valence-electron chi connectivity index (χ2n) is 6.09. The molecule has 0 unspecified atom stereocenters. The fourth-order valence-corrected chi connectivity index (χ4v) is 2.91. The molecule has 2 N–H and O–H groups in total. The number of anilines is 1. The van der Waals surface area contributed by atoms with Gasteiger partial charge in [-0.25, -0.2) is 4.98 Å². The van der Waals surface area contributed by atoms with E-state index >= 15 is 0 Å². The zero-order valence-corrected chi connectivity index (χ0v) is 13.9. The minimum Gasteiger partial charge on any atom is -0.497 e. The molecule has 1 heterocycles. The minimum absolute atomic E-state index is 0.0800. The highest BCUT2D eigenvalue weighted by Crippen LogP contribution is 2.18. The van der Waals surface area contributed by atoms with Gasteiger partial charge in [-0.05, 0) is 42.7 Å². The molecule has 1 saturated carbocycles. The topological polar surface area (TPSA) is 63.2 Å². The summed E-state index contributed by atoms with van der Waals surface area (Å²) in [4.78, 5) is 16.4. The van der Waals surface area contributed by atoms with Crippen LogP contribution in [0.2, 0.25) is 0 Å². The molecule has 1 fully saturated rings. The second-order valence-corrected chi connectivity index (χ2v) is 6.09. The van der Waals surface area contributed by atoms with Crippen LogP contribution in [0.4, 0.5) is 5.69 Å². The van der Waals surface area contributed by atoms with E-state index in [2.05, 4.69) is 15.6 Å². The highest BCUT2D eigenvalue weighted by molar-refractivity contribution is 5.92. The summed E-state index contributed by atoms with van der Waals surface area (Å²) in [5.74, 6) is 0.765. The normalized spacial score (nSPS) is 14.4. The smallest absolute Gasteiger partial charge is 0.270 e. The number of benzene rings is 1. The summed E-state index contributed by atoms with van der Waals surface area (Å²) in [6.07, 6.45) is 6.26. The zero-order valence-electron chi connectivity index (χ0n) is 13.9. The van der Waals surface area contributed by atoms with E-state index < -0.39 is 0 Å². The Hall–Kier alpha value is -2.56. The summed E-state index contributed by atoms with van der Waals surface area (Å²) in [6, 6.07) is 11.9. The molecule has 0 spiro atoms. The van der Waals surface area contributed by atoms with Gasteiger partial charge in [0.25, 0.3) is 5.91 Å². The number of hydrogen-bond donors (Lipinski definition) is 2. The number of ether oxygens (including phenoxy) is 1. The van der Waals surface area contributed by atoms with E-state index in [1.807, 2.05) is 30.3 Å². The summed E-state index contributed by atoms with van der Waals surface area (Å²) in [6.45, 7) is 0.694. The van der Waals surface area contributed by atoms with Crippen molar-refractivity contribution >= 4 is 11.6 Å². The van der Waals surface area contributed by atoms with E-state index in [1.165, 1.54) is 12.8 Å². The van der Waals surface area contributed by atoms with E-state index in [0.717, 1.165) is 29.8 Å². The van der Waals surface area contributed by atoms with Gasteiger partial charge in [-0.15, -0.1) is 0 Å². The molecule has 24 heavy (non-hydrogen) atoms. The first-order valence-corrected chi connectivity index (χ1v) is 8.38. The Morgan fingerprint density at radius 1 is 1.17 bits per heavy atom. The highest BCUT2D eigenvalue weighted by atomic mass is 16.5. The van der Waals surface area contributed by atoms with Crippen molar-refractivity contribution in [3.8, 4) is 5.75 Å². The van der Waals surface area contributed by atoms with Crippen LogP contribution < -0.4 is 15.4 Å². The summed E-state index contributed by atoms with van der Waals surface area (Å²) in [7, 11) is 1.66. The number of carbonyl (C=O) groups excluding carboxylic acids is 1. The largest absolute Gasteiger partial charge is 0.497 e. The van der Waals surface area contributed by atoms with Gasteiger partial charge in [0.15, 0.2) is 0 Å². The molecule has 1 aliphatic carbocycles. The van der Waals surface area contributed by atoms with Crippen LogP contribution in [0.25, 0.3) is 0 Å². The predicted octanol–water partition coefficient (Wildman–Crippen LogP) is 3.37. The molecular formula is C19H23N3O2. The van der Waals surface area contributed by atoms with Crippen LogP contribution in [0.15, 0.2) is 42.6 Å². The number of nitrogens with zero attached hydrogens (tertiary/aromatic N) is 1. The Labute approximate surface area is 142 Å². The van der Waals surface area contributed by atoms with Gasteiger partial charge in [0.2, 0.25) is 0 Å². The van der Waals surface area contributed by atoms with Crippen molar-refractivity contribution in [2.24, 2.45) is 0 Å². The van der Waals surface area contributed by atoms with Gasteiger partial charge < -0.3 is 15.4 Å². The number of pyridine rings is 1. The van der Waals surface area contributed by atoms with Gasteiger partial charge in [0.05, 0.1) is 19.0 Å². The maximum absolute atomic E-state index is 12.1. The van der Waals surface area contributed by atoms with Crippen molar-refractivity contribution in [3.63, 3.8) is 0 Å². The molecule has 1 aliphatic rings. The van der Waals surface area contributed by atoms with Crippen LogP contribution >= 0.6 is 0 Å². The van der Waals surface area contributed by atoms with E-state index in [4.69, 9.17) is 4.74 Å². The molecule has 126 valence electrons. The second kappa shape index (κ2) is 7.81. The third-order valence-electron chi connectivity index (χ3n) is 4.34. The summed E-state index contributed by atoms with van der Waals surface area (Å²) >= 11 is 0. The van der Waals surface area contributed by atoms with E-state index in [-0.39, 0.29) is 5.91 Å². The number of methoxy groups -OCH3 is 1. The molecule has 0 bridgehead atoms. The van der Waals surface area contributed by atoms with E-state index in [1.54, 1.807) is 19.4 Å². The van der Waals surface area contributed by atoms with Crippen molar-refractivity contribution in [3.05, 3.63) is 53.9 Å². The molecule has 1 aromatic heterocycles. The van der Waals surface area contributed by atoms with Crippen molar-refractivity contribution in [1.29, 1.82) is 0 Å². The Bertz CT molecular complexity index is 662. The first-order valence-electron chi connectivity index (χ1n) is 8.38. The Balaban J connectivity index is 1.52. The van der Waals surface area contributed by atoms with Crippen molar-refractivity contribution in [2.45, 2.75) is 38.3 Å². The van der Waals surface area contributed by atoms with Crippen LogP contribution in [0.3, 0.4) is 0 Å². The lowest BCUT2D eigenvalue weighted by Gasteiger charge is -2.12. The SMILES string of the molecule is COc1ccc(CNc2ccc(C(=O)NC3CCCC3)nc2)cc1. The standard InChI is InChI=1S/C19H23N3O2/c1-24-17-9-6-14(7-10-17)12-20-16-8-11-18(21-13-16)19(23)22-15-4-2-3-5-15/h6-11,13,15,20H,2-5,12H2,1H3,(H,22,23). The Kier molecular flexibility index (Phi) is 5.31. The van der Waals surface area contributed by atoms with Crippen molar-refractivity contribution < 1.29 is 9.53 Å². The van der Waals surface area contributed by atoms with E-state index in [0.29, 0.717) is 18.3 Å². The molecular weight excluding hydrogens is 302 g/mol. The molecule has 5 heteroatoms. The Morgan fingerprint density at radius 3 is 2.54 bits per heavy atom. The summed E-state index contributed by atoms with van der Waals surface area (Å²) < 4.78 is 5.15. The maximum Gasteiger partial charge on any atom is 0.270 e. The molecule has 1 amide bonds. The number of aromatic nitrogens is 1. The minimum atomic E-state index is -0.0800. The van der Waals surface area contributed by atoms with E-state index in [9.17, 15) is 4.79 Å². The van der Waals surface area contributed by atoms with Gasteiger partial charge in [0.1, 0.15) is 11.4 Å². The number of rotatable bonds is 6. The van der Waals surface area contributed by atoms with Crippen LogP contribution in [-0.4, -0.2) is 24.0 Å². The van der Waals surface area contributed by atoms with Crippen LogP contribution in [-0.2, 0) is 6.54 Å². The number of amides is 1. The quantitative estimate of drug-likeness (QED) is 0.855. The number of carbonyl (C=O) groups is 1. The fourth-order valence-electron chi connectivity index (χ4n) is 2.91. The average molecular weight is 325 g/mol. The molecule has 1 aromatic carbocycles. The average Bonchev–Trinajstić information content (AvgIpc) is 3.14. The van der Waals surface area contributed by atoms with Crippen molar-refractivity contribution in [1.82, 2.24) is 10.3 Å². The van der Waals surface area contributed by atoms with Gasteiger partial charge in [-0.3, -0.25) is 4.79 Å². The first kappa shape index (κ1) is 16.3. The van der Waals surface area contributed by atoms with Crippen LogP contribution in [0.1, 0.15) is 41.7 Å². The number of hydrogen-bond acceptors (Lipinski definition) is 4. The lowest BCUT2D eigenvalue weighted by molar-refractivity contribution is 0.0933. The third-order valence-corrected chi connectivity index (χ3v) is 4.34. The molecule has 0 atom stereocenters. The lowest BCUT2D eigenvalue weighted by atomic mass is 10.2. The van der Waals surface area contributed by atoms with Crippen LogP contribution in [0.5, 0.6) is 5.75 Å². The predicted molar refractivity (Wildman–Crippen MR) is 94.3 cm³/mol. The molecule has 3 rings (SSSR count). The maximum atomic E-state index is 12.1. The zero-order chi connectivity index (χ0) is 16.8. The molecule has 5 nitrogen and oxygen atoms in total. The van der Waals surface area contributed by atoms with Crippen LogP contribution in [0, 0.1) is 0 Å². The monoisotopic (exact) mass is 325 g/mol. The molecule has 2 aromatic rings. The van der Waals surface area contributed by atoms with Gasteiger partial charge in [-0.2, -0.15) is 0 Å². The fraction of sp³-hybridized carbons (Fsp3) is 0.368.